The summed E-state index contributed by atoms with van der Waals surface area (Å²) in [6.45, 7) is 0.950. The van der Waals surface area contributed by atoms with Crippen LogP contribution in [0.15, 0.2) is 42.5 Å². The van der Waals surface area contributed by atoms with Crippen molar-refractivity contribution in [1.82, 2.24) is 4.90 Å². The highest BCUT2D eigenvalue weighted by molar-refractivity contribution is 7.16. The van der Waals surface area contributed by atoms with Crippen LogP contribution in [0.25, 0.3) is 16.5 Å². The van der Waals surface area contributed by atoms with Gasteiger partial charge < -0.3 is 10.6 Å². The molecule has 2 aromatic rings. The summed E-state index contributed by atoms with van der Waals surface area (Å²) >= 11 is 1.53. The number of hydrogen-bond acceptors (Lipinski definition) is 3. The molecular weight excluding hydrogens is 327 g/mol. The summed E-state index contributed by atoms with van der Waals surface area (Å²) in [5, 5.41) is 0. The summed E-state index contributed by atoms with van der Waals surface area (Å²) in [5.41, 5.74) is 6.22. The van der Waals surface area contributed by atoms with E-state index in [2.05, 4.69) is 0 Å². The molecule has 1 saturated heterocycles. The van der Waals surface area contributed by atoms with Gasteiger partial charge in [0.25, 0.3) is 0 Å². The fraction of sp³-hybridized carbons (Fsp3) is 0.222. The molecular formula is C18H17FN2O2S. The molecule has 24 heavy (non-hydrogen) atoms. The molecule has 2 amide bonds. The molecule has 1 aromatic heterocycles. The minimum Gasteiger partial charge on any atom is -0.369 e. The van der Waals surface area contributed by atoms with E-state index in [1.54, 1.807) is 23.1 Å². The largest absolute Gasteiger partial charge is 0.369 e. The number of benzene rings is 1. The molecule has 0 bridgehead atoms. The van der Waals surface area contributed by atoms with Gasteiger partial charge in [-0.15, -0.1) is 11.3 Å². The van der Waals surface area contributed by atoms with Crippen molar-refractivity contribution in [2.75, 3.05) is 13.1 Å². The summed E-state index contributed by atoms with van der Waals surface area (Å²) < 4.78 is 13.0. The minimum absolute atomic E-state index is 0.115. The molecule has 1 aliphatic rings. The van der Waals surface area contributed by atoms with Gasteiger partial charge in [0.2, 0.25) is 11.8 Å². The Kier molecular flexibility index (Phi) is 4.76. The summed E-state index contributed by atoms with van der Waals surface area (Å²) in [6, 6.07) is 10.2. The molecule has 2 heterocycles. The predicted octanol–water partition coefficient (Wildman–Crippen LogP) is 2.90. The van der Waals surface area contributed by atoms with Crippen LogP contribution in [0.4, 0.5) is 4.39 Å². The van der Waals surface area contributed by atoms with Crippen molar-refractivity contribution in [3.63, 3.8) is 0 Å². The second-order valence-electron chi connectivity index (χ2n) is 5.71. The quantitative estimate of drug-likeness (QED) is 0.867. The number of nitrogens with two attached hydrogens (primary N) is 1. The van der Waals surface area contributed by atoms with E-state index in [0.29, 0.717) is 19.5 Å². The average molecular weight is 344 g/mol. The van der Waals surface area contributed by atoms with Crippen LogP contribution >= 0.6 is 11.3 Å². The second kappa shape index (κ2) is 6.97. The van der Waals surface area contributed by atoms with Crippen molar-refractivity contribution in [2.45, 2.75) is 6.42 Å². The first-order valence-corrected chi connectivity index (χ1v) is 8.46. The number of nitrogens with zero attached hydrogens (tertiary/aromatic N) is 1. The molecule has 3 rings (SSSR count). The van der Waals surface area contributed by atoms with Crippen LogP contribution in [0.1, 0.15) is 11.3 Å². The molecule has 0 aliphatic carbocycles. The van der Waals surface area contributed by atoms with Gasteiger partial charge in [0.1, 0.15) is 5.82 Å². The van der Waals surface area contributed by atoms with Crippen molar-refractivity contribution >= 4 is 29.2 Å². The number of primary amides is 1. The van der Waals surface area contributed by atoms with Gasteiger partial charge in [-0.1, -0.05) is 12.1 Å². The Labute approximate surface area is 143 Å². The van der Waals surface area contributed by atoms with Crippen molar-refractivity contribution < 1.29 is 14.0 Å². The van der Waals surface area contributed by atoms with Gasteiger partial charge in [0, 0.05) is 28.9 Å². The van der Waals surface area contributed by atoms with E-state index in [-0.39, 0.29) is 23.5 Å². The Morgan fingerprint density at radius 2 is 1.96 bits per heavy atom. The lowest BCUT2D eigenvalue weighted by Gasteiger charge is -2.12. The average Bonchev–Trinajstić information content (AvgIpc) is 3.23. The first-order chi connectivity index (χ1) is 11.5. The third-order valence-corrected chi connectivity index (χ3v) is 5.15. The number of carbonyl (C=O) groups is 2. The highest BCUT2D eigenvalue weighted by atomic mass is 32.1. The summed E-state index contributed by atoms with van der Waals surface area (Å²) in [6.07, 6.45) is 3.91. The molecule has 0 unspecified atom stereocenters. The normalized spacial score (nSPS) is 17.5. The van der Waals surface area contributed by atoms with E-state index in [4.69, 9.17) is 5.73 Å². The molecule has 1 atom stereocenters. The Bertz CT molecular complexity index is 783. The van der Waals surface area contributed by atoms with Gasteiger partial charge in [-0.25, -0.2) is 4.39 Å². The SMILES string of the molecule is NC(=O)[C@@H]1CCN(C(=O)/C=C\c2ccc(-c3ccc(F)cc3)s2)C1. The molecule has 6 heteroatoms. The van der Waals surface area contributed by atoms with E-state index < -0.39 is 0 Å². The van der Waals surface area contributed by atoms with E-state index in [9.17, 15) is 14.0 Å². The highest BCUT2D eigenvalue weighted by Gasteiger charge is 2.28. The van der Waals surface area contributed by atoms with Crippen LogP contribution in [-0.4, -0.2) is 29.8 Å². The van der Waals surface area contributed by atoms with Crippen molar-refractivity contribution in [3.8, 4) is 10.4 Å². The van der Waals surface area contributed by atoms with Crippen molar-refractivity contribution in [1.29, 1.82) is 0 Å². The fourth-order valence-electron chi connectivity index (χ4n) is 2.66. The second-order valence-corrected chi connectivity index (χ2v) is 6.83. The Morgan fingerprint density at radius 3 is 2.62 bits per heavy atom. The third-order valence-electron chi connectivity index (χ3n) is 4.05. The van der Waals surface area contributed by atoms with Crippen LogP contribution in [-0.2, 0) is 9.59 Å². The van der Waals surface area contributed by atoms with E-state index in [1.165, 1.54) is 29.5 Å². The van der Waals surface area contributed by atoms with Gasteiger partial charge in [-0.05, 0) is 42.3 Å². The summed E-state index contributed by atoms with van der Waals surface area (Å²) in [7, 11) is 0. The molecule has 0 radical (unpaired) electrons. The lowest BCUT2D eigenvalue weighted by Crippen LogP contribution is -2.30. The van der Waals surface area contributed by atoms with E-state index in [0.717, 1.165) is 15.3 Å². The maximum absolute atomic E-state index is 13.0. The molecule has 4 nitrogen and oxygen atoms in total. The van der Waals surface area contributed by atoms with E-state index in [1.807, 2.05) is 12.1 Å². The van der Waals surface area contributed by atoms with Crippen LogP contribution in [0.2, 0.25) is 0 Å². The number of rotatable bonds is 4. The smallest absolute Gasteiger partial charge is 0.246 e. The topological polar surface area (TPSA) is 63.4 Å². The van der Waals surface area contributed by atoms with Crippen molar-refractivity contribution in [2.24, 2.45) is 11.7 Å². The first kappa shape index (κ1) is 16.4. The maximum atomic E-state index is 13.0. The minimum atomic E-state index is -0.350. The zero-order valence-electron chi connectivity index (χ0n) is 12.9. The first-order valence-electron chi connectivity index (χ1n) is 7.65. The summed E-state index contributed by atoms with van der Waals surface area (Å²) in [5.74, 6) is -0.970. The van der Waals surface area contributed by atoms with Gasteiger partial charge in [0.15, 0.2) is 0 Å². The van der Waals surface area contributed by atoms with Gasteiger partial charge in [-0.2, -0.15) is 0 Å². The lowest BCUT2D eigenvalue weighted by atomic mass is 10.1. The molecule has 0 spiro atoms. The molecule has 1 aliphatic heterocycles. The molecule has 1 fully saturated rings. The zero-order valence-corrected chi connectivity index (χ0v) is 13.8. The van der Waals surface area contributed by atoms with E-state index >= 15 is 0 Å². The number of carbonyl (C=O) groups excluding carboxylic acids is 2. The standard InChI is InChI=1S/C18H17FN2O2S/c19-14-3-1-12(2-4-14)16-7-5-15(24-16)6-8-17(22)21-10-9-13(11-21)18(20)23/h1-8,13H,9-11H2,(H2,20,23)/b8-6-/t13-/m1/s1. The van der Waals surface area contributed by atoms with Gasteiger partial charge >= 0.3 is 0 Å². The molecule has 124 valence electrons. The Morgan fingerprint density at radius 1 is 1.21 bits per heavy atom. The number of likely N-dealkylation sites (tertiary alicyclic amines) is 1. The molecule has 1 aromatic carbocycles. The fourth-order valence-corrected chi connectivity index (χ4v) is 3.58. The third kappa shape index (κ3) is 3.71. The predicted molar refractivity (Wildman–Crippen MR) is 92.6 cm³/mol. The monoisotopic (exact) mass is 344 g/mol. The summed E-state index contributed by atoms with van der Waals surface area (Å²) in [4.78, 5) is 26.9. The number of halogens is 1. The van der Waals surface area contributed by atoms with Crippen LogP contribution in [0.5, 0.6) is 0 Å². The van der Waals surface area contributed by atoms with Crippen LogP contribution < -0.4 is 5.73 Å². The van der Waals surface area contributed by atoms with Gasteiger partial charge in [0.05, 0.1) is 5.92 Å². The lowest BCUT2D eigenvalue weighted by molar-refractivity contribution is -0.125. The highest BCUT2D eigenvalue weighted by Crippen LogP contribution is 2.29. The van der Waals surface area contributed by atoms with Crippen molar-refractivity contribution in [3.05, 3.63) is 53.2 Å². The maximum Gasteiger partial charge on any atom is 0.246 e. The number of hydrogen-bond donors (Lipinski definition) is 1. The van der Waals surface area contributed by atoms with Crippen LogP contribution in [0.3, 0.4) is 0 Å². The Hall–Kier alpha value is -2.47. The molecule has 0 saturated carbocycles. The van der Waals surface area contributed by atoms with Gasteiger partial charge in [-0.3, -0.25) is 9.59 Å². The molecule has 2 N–H and O–H groups in total. The number of amides is 2. The number of thiophene rings is 1. The zero-order chi connectivity index (χ0) is 17.1. The Balaban J connectivity index is 1.64. The van der Waals surface area contributed by atoms with Crippen LogP contribution in [0, 0.1) is 11.7 Å².